The molecule has 0 heterocycles. The van der Waals surface area contributed by atoms with E-state index in [1.165, 1.54) is 18.9 Å². The van der Waals surface area contributed by atoms with Crippen molar-refractivity contribution in [3.63, 3.8) is 0 Å². The van der Waals surface area contributed by atoms with Gasteiger partial charge in [0.15, 0.2) is 0 Å². The summed E-state index contributed by atoms with van der Waals surface area (Å²) < 4.78 is 27.5. The van der Waals surface area contributed by atoms with Crippen molar-refractivity contribution < 1.29 is 8.42 Å². The zero-order chi connectivity index (χ0) is 15.5. The highest BCUT2D eigenvalue weighted by atomic mass is 35.5. The summed E-state index contributed by atoms with van der Waals surface area (Å²) in [5, 5.41) is 0.390. The van der Waals surface area contributed by atoms with Crippen LogP contribution in [0.3, 0.4) is 0 Å². The van der Waals surface area contributed by atoms with Crippen molar-refractivity contribution in [1.82, 2.24) is 4.72 Å². The number of hydrogen-bond acceptors (Lipinski definition) is 4. The molecule has 0 saturated heterocycles. The molecule has 1 aliphatic rings. The van der Waals surface area contributed by atoms with E-state index in [0.717, 1.165) is 18.4 Å². The Morgan fingerprint density at radius 1 is 1.38 bits per heavy atom. The van der Waals surface area contributed by atoms with Crippen LogP contribution in [-0.2, 0) is 16.6 Å². The minimum absolute atomic E-state index is 0.0358. The van der Waals surface area contributed by atoms with Gasteiger partial charge in [0.25, 0.3) is 0 Å². The fourth-order valence-electron chi connectivity index (χ4n) is 2.64. The minimum Gasteiger partial charge on any atom is -0.326 e. The largest absolute Gasteiger partial charge is 0.326 e. The molecule has 0 radical (unpaired) electrons. The number of sulfonamides is 1. The van der Waals surface area contributed by atoms with Gasteiger partial charge in [-0.1, -0.05) is 30.5 Å². The van der Waals surface area contributed by atoms with Gasteiger partial charge in [0, 0.05) is 22.9 Å². The summed E-state index contributed by atoms with van der Waals surface area (Å²) in [6.45, 7) is 0.759. The van der Waals surface area contributed by atoms with E-state index in [0.29, 0.717) is 18.1 Å². The molecule has 0 spiro atoms. The molecular weight excluding hydrogens is 328 g/mol. The molecule has 7 heteroatoms. The third-order valence-electron chi connectivity index (χ3n) is 4.09. The number of rotatable bonds is 6. The van der Waals surface area contributed by atoms with Gasteiger partial charge in [-0.25, -0.2) is 13.1 Å². The molecule has 1 aromatic rings. The van der Waals surface area contributed by atoms with Gasteiger partial charge in [0.05, 0.1) is 4.90 Å². The molecule has 118 valence electrons. The van der Waals surface area contributed by atoms with Crippen molar-refractivity contribution in [1.29, 1.82) is 0 Å². The third kappa shape index (κ3) is 3.93. The molecule has 1 aromatic carbocycles. The van der Waals surface area contributed by atoms with Crippen molar-refractivity contribution in [3.05, 3.63) is 28.8 Å². The fraction of sp³-hybridized carbons (Fsp3) is 0.571. The average Bonchev–Trinajstić information content (AvgIpc) is 2.95. The number of hydrogen-bond donors (Lipinski definition) is 2. The van der Waals surface area contributed by atoms with Crippen LogP contribution in [0.4, 0.5) is 0 Å². The quantitative estimate of drug-likeness (QED) is 0.829. The molecule has 0 aromatic heterocycles. The SMILES string of the molecule is CSC1(CNS(=O)(=O)c2ccc(CN)c(Cl)c2)CCCC1. The van der Waals surface area contributed by atoms with Gasteiger partial charge in [0.1, 0.15) is 0 Å². The number of halogens is 1. The monoisotopic (exact) mass is 348 g/mol. The molecule has 21 heavy (non-hydrogen) atoms. The van der Waals surface area contributed by atoms with Gasteiger partial charge in [-0.15, -0.1) is 0 Å². The highest BCUT2D eigenvalue weighted by molar-refractivity contribution is 8.00. The van der Waals surface area contributed by atoms with Gasteiger partial charge in [-0.05, 0) is 36.8 Å². The normalized spacial score (nSPS) is 18.0. The molecule has 1 fully saturated rings. The maximum absolute atomic E-state index is 12.4. The third-order valence-corrected chi connectivity index (χ3v) is 7.26. The summed E-state index contributed by atoms with van der Waals surface area (Å²) in [5.41, 5.74) is 6.28. The summed E-state index contributed by atoms with van der Waals surface area (Å²) in [4.78, 5) is 0.193. The zero-order valence-electron chi connectivity index (χ0n) is 12.1. The van der Waals surface area contributed by atoms with E-state index in [9.17, 15) is 8.42 Å². The van der Waals surface area contributed by atoms with Crippen LogP contribution >= 0.6 is 23.4 Å². The first-order valence-electron chi connectivity index (χ1n) is 6.96. The summed E-state index contributed by atoms with van der Waals surface area (Å²) in [5.74, 6) is 0. The second kappa shape index (κ2) is 6.87. The van der Waals surface area contributed by atoms with Crippen LogP contribution in [-0.4, -0.2) is 26.0 Å². The number of nitrogens with one attached hydrogen (secondary N) is 1. The van der Waals surface area contributed by atoms with E-state index in [1.807, 2.05) is 6.26 Å². The van der Waals surface area contributed by atoms with E-state index < -0.39 is 10.0 Å². The maximum Gasteiger partial charge on any atom is 0.240 e. The Kier molecular flexibility index (Phi) is 5.59. The van der Waals surface area contributed by atoms with Crippen LogP contribution in [0, 0.1) is 0 Å². The van der Waals surface area contributed by atoms with Crippen LogP contribution < -0.4 is 10.5 Å². The van der Waals surface area contributed by atoms with Gasteiger partial charge in [-0.3, -0.25) is 0 Å². The summed E-state index contributed by atoms with van der Waals surface area (Å²) in [7, 11) is -3.53. The molecule has 3 N–H and O–H groups in total. The summed E-state index contributed by atoms with van der Waals surface area (Å²) >= 11 is 7.80. The molecular formula is C14H21ClN2O2S2. The molecule has 0 atom stereocenters. The van der Waals surface area contributed by atoms with Gasteiger partial charge in [-0.2, -0.15) is 11.8 Å². The number of thioether (sulfide) groups is 1. The van der Waals surface area contributed by atoms with Gasteiger partial charge in [0.2, 0.25) is 10.0 Å². The Bertz CT molecular complexity index is 599. The van der Waals surface area contributed by atoms with Crippen molar-refractivity contribution in [2.45, 2.75) is 41.9 Å². The second-order valence-electron chi connectivity index (χ2n) is 5.38. The van der Waals surface area contributed by atoms with E-state index in [-0.39, 0.29) is 9.64 Å². The lowest BCUT2D eigenvalue weighted by Gasteiger charge is -2.26. The lowest BCUT2D eigenvalue weighted by Crippen LogP contribution is -2.38. The van der Waals surface area contributed by atoms with Crippen molar-refractivity contribution in [3.8, 4) is 0 Å². The van der Waals surface area contributed by atoms with Crippen LogP contribution in [0.5, 0.6) is 0 Å². The smallest absolute Gasteiger partial charge is 0.240 e. The Morgan fingerprint density at radius 3 is 2.57 bits per heavy atom. The Labute approximate surface area is 135 Å². The average molecular weight is 349 g/mol. The van der Waals surface area contributed by atoms with E-state index in [4.69, 9.17) is 17.3 Å². The summed E-state index contributed by atoms with van der Waals surface area (Å²) in [6, 6.07) is 4.68. The highest BCUT2D eigenvalue weighted by Gasteiger charge is 2.34. The first-order valence-corrected chi connectivity index (χ1v) is 10.0. The van der Waals surface area contributed by atoms with Crippen molar-refractivity contribution in [2.24, 2.45) is 5.73 Å². The molecule has 0 bridgehead atoms. The predicted molar refractivity (Wildman–Crippen MR) is 89.2 cm³/mol. The van der Waals surface area contributed by atoms with Crippen LogP contribution in [0.15, 0.2) is 23.1 Å². The Balaban J connectivity index is 2.13. The van der Waals surface area contributed by atoms with Gasteiger partial charge < -0.3 is 5.73 Å². The molecule has 1 aliphatic carbocycles. The van der Waals surface area contributed by atoms with E-state index in [1.54, 1.807) is 23.9 Å². The van der Waals surface area contributed by atoms with E-state index in [2.05, 4.69) is 4.72 Å². The first kappa shape index (κ1) is 17.1. The minimum atomic E-state index is -3.53. The molecule has 4 nitrogen and oxygen atoms in total. The number of nitrogens with two attached hydrogens (primary N) is 1. The topological polar surface area (TPSA) is 72.2 Å². The molecule has 0 amide bonds. The van der Waals surface area contributed by atoms with Crippen molar-refractivity contribution in [2.75, 3.05) is 12.8 Å². The number of benzene rings is 1. The second-order valence-corrected chi connectivity index (χ2v) is 8.82. The fourth-order valence-corrected chi connectivity index (χ4v) is 5.12. The molecule has 0 aliphatic heterocycles. The predicted octanol–water partition coefficient (Wildman–Crippen LogP) is 2.75. The van der Waals surface area contributed by atoms with Crippen LogP contribution in [0.2, 0.25) is 5.02 Å². The lowest BCUT2D eigenvalue weighted by molar-refractivity contribution is 0.551. The summed E-state index contributed by atoms with van der Waals surface area (Å²) in [6.07, 6.45) is 6.50. The molecule has 2 rings (SSSR count). The van der Waals surface area contributed by atoms with Crippen molar-refractivity contribution >= 4 is 33.4 Å². The maximum atomic E-state index is 12.4. The lowest BCUT2D eigenvalue weighted by atomic mass is 10.1. The molecule has 1 saturated carbocycles. The standard InChI is InChI=1S/C14H21ClN2O2S2/c1-20-14(6-2-3-7-14)10-17-21(18,19)12-5-4-11(9-16)13(15)8-12/h4-5,8,17H,2-3,6-7,9-10,16H2,1H3. The highest BCUT2D eigenvalue weighted by Crippen LogP contribution is 2.39. The first-order chi connectivity index (χ1) is 9.92. The molecule has 0 unspecified atom stereocenters. The Hall–Kier alpha value is -0.270. The Morgan fingerprint density at radius 2 is 2.05 bits per heavy atom. The van der Waals surface area contributed by atoms with Crippen LogP contribution in [0.1, 0.15) is 31.2 Å². The zero-order valence-corrected chi connectivity index (χ0v) is 14.5. The van der Waals surface area contributed by atoms with Crippen LogP contribution in [0.25, 0.3) is 0 Å². The van der Waals surface area contributed by atoms with Gasteiger partial charge >= 0.3 is 0 Å². The van der Waals surface area contributed by atoms with E-state index >= 15 is 0 Å².